The van der Waals surface area contributed by atoms with Gasteiger partial charge < -0.3 is 23.8 Å². The van der Waals surface area contributed by atoms with E-state index < -0.39 is 20.7 Å². The normalized spacial score (nSPS) is 14.6. The van der Waals surface area contributed by atoms with Gasteiger partial charge in [0.15, 0.2) is 0 Å². The number of carbonyl (C=O) groups excluding carboxylic acids is 1. The van der Waals surface area contributed by atoms with Crippen molar-refractivity contribution in [1.82, 2.24) is 9.99 Å². The zero-order chi connectivity index (χ0) is 28.9. The number of ether oxygens (including phenoxy) is 2. The van der Waals surface area contributed by atoms with Crippen LogP contribution >= 0.6 is 8.53 Å². The Balaban J connectivity index is 1.38. The molecular weight excluding hydrogens is 511 g/mol. The lowest BCUT2D eigenvalue weighted by molar-refractivity contribution is 0.0251. The first-order chi connectivity index (χ1) is 19.4. The SMILES string of the molecule is [2H]C[C@H](COP(OCCC#C)N(C(C)C)C(C)C)OCCCNC(=O)OCC1c2ccccc2-c2ccccc21. The first kappa shape index (κ1) is 29.5. The van der Waals surface area contributed by atoms with E-state index in [0.717, 1.165) is 0 Å². The van der Waals surface area contributed by atoms with Crippen LogP contribution in [0.4, 0.5) is 4.79 Å². The summed E-state index contributed by atoms with van der Waals surface area (Å²) in [6.07, 6.45) is 5.65. The number of rotatable bonds is 16. The molecule has 1 N–H and O–H groups in total. The standard InChI is InChI=1S/C31H43N2O5P/c1-7-8-20-37-39(33(23(2)3)24(4)5)38-21-25(6)35-19-13-18-32-31(34)36-22-30-28-16-11-9-14-26(28)27-15-10-12-17-29(27)30/h1,9-12,14-17,23-25,30H,8,13,18-22H2,2-6H3,(H,32,34)/t25-,39?/m1/s1/i6D. The van der Waals surface area contributed by atoms with Gasteiger partial charge in [-0.1, -0.05) is 48.5 Å². The van der Waals surface area contributed by atoms with E-state index in [4.69, 9.17) is 26.3 Å². The number of fused-ring (bicyclic) bond motifs is 3. The monoisotopic (exact) mass is 555 g/mol. The van der Waals surface area contributed by atoms with E-state index in [2.05, 4.69) is 67.9 Å². The Morgan fingerprint density at radius 1 is 1.05 bits per heavy atom. The topological polar surface area (TPSA) is 69.3 Å². The molecule has 1 aliphatic carbocycles. The van der Waals surface area contributed by atoms with Crippen molar-refractivity contribution in [2.45, 2.75) is 71.5 Å². The zero-order valence-corrected chi connectivity index (χ0v) is 24.5. The zero-order valence-electron chi connectivity index (χ0n) is 24.6. The van der Waals surface area contributed by atoms with Gasteiger partial charge in [0.2, 0.25) is 0 Å². The molecule has 3 rings (SSSR count). The summed E-state index contributed by atoms with van der Waals surface area (Å²) in [7, 11) is -1.32. The van der Waals surface area contributed by atoms with Crippen LogP contribution in [-0.2, 0) is 18.5 Å². The van der Waals surface area contributed by atoms with Gasteiger partial charge in [-0.05, 0) is 63.3 Å². The molecule has 0 aromatic heterocycles. The number of alkyl carbamates (subject to hydrolysis) is 1. The van der Waals surface area contributed by atoms with Gasteiger partial charge >= 0.3 is 6.09 Å². The Hall–Kier alpha value is -2.46. The van der Waals surface area contributed by atoms with Gasteiger partial charge in [-0.15, -0.1) is 12.3 Å². The van der Waals surface area contributed by atoms with Gasteiger partial charge in [0.1, 0.15) is 6.61 Å². The number of benzene rings is 2. The van der Waals surface area contributed by atoms with Gasteiger partial charge in [-0.25, -0.2) is 9.46 Å². The lowest BCUT2D eigenvalue weighted by Gasteiger charge is -2.36. The summed E-state index contributed by atoms with van der Waals surface area (Å²) in [4.78, 5) is 12.4. The minimum Gasteiger partial charge on any atom is -0.449 e. The fraction of sp³-hybridized carbons (Fsp3) is 0.516. The van der Waals surface area contributed by atoms with Crippen LogP contribution in [0.15, 0.2) is 48.5 Å². The Morgan fingerprint density at radius 2 is 1.69 bits per heavy atom. The number of hydrogen-bond acceptors (Lipinski definition) is 6. The van der Waals surface area contributed by atoms with Crippen LogP contribution in [-0.4, -0.2) is 61.9 Å². The molecular formula is C31H43N2O5P. The molecule has 0 bridgehead atoms. The first-order valence-electron chi connectivity index (χ1n) is 14.3. The van der Waals surface area contributed by atoms with E-state index >= 15 is 0 Å². The number of carbonyl (C=O) groups is 1. The molecule has 8 heteroatoms. The lowest BCUT2D eigenvalue weighted by atomic mass is 9.98. The molecule has 0 fully saturated rings. The molecule has 1 unspecified atom stereocenters. The molecule has 2 aromatic carbocycles. The van der Waals surface area contributed by atoms with E-state index in [0.29, 0.717) is 32.6 Å². The molecule has 0 saturated heterocycles. The van der Waals surface area contributed by atoms with Crippen molar-refractivity contribution >= 4 is 14.6 Å². The smallest absolute Gasteiger partial charge is 0.407 e. The summed E-state index contributed by atoms with van der Waals surface area (Å²) >= 11 is 0. The first-order valence-corrected chi connectivity index (χ1v) is 14.8. The number of nitrogens with zero attached hydrogens (tertiary/aromatic N) is 1. The second-order valence-electron chi connectivity index (χ2n) is 9.99. The Labute approximate surface area is 236 Å². The third kappa shape index (κ3) is 9.03. The van der Waals surface area contributed by atoms with Crippen molar-refractivity contribution < 1.29 is 24.7 Å². The summed E-state index contributed by atoms with van der Waals surface area (Å²) < 4.78 is 33.6. The molecule has 0 spiro atoms. The van der Waals surface area contributed by atoms with E-state index in [9.17, 15) is 4.79 Å². The second kappa shape index (κ2) is 16.0. The molecule has 0 radical (unpaired) electrons. The summed E-state index contributed by atoms with van der Waals surface area (Å²) in [6, 6.07) is 17.0. The molecule has 1 amide bonds. The largest absolute Gasteiger partial charge is 0.449 e. The Morgan fingerprint density at radius 3 is 2.28 bits per heavy atom. The minimum atomic E-state index is -1.32. The predicted molar refractivity (Wildman–Crippen MR) is 157 cm³/mol. The van der Waals surface area contributed by atoms with Gasteiger partial charge in [-0.3, -0.25) is 0 Å². The Kier molecular flexibility index (Phi) is 12.1. The molecule has 39 heavy (non-hydrogen) atoms. The van der Waals surface area contributed by atoms with E-state index in [-0.39, 0.29) is 38.1 Å². The Bertz CT molecular complexity index is 1060. The summed E-state index contributed by atoms with van der Waals surface area (Å²) in [5.74, 6) is 2.62. The second-order valence-corrected chi connectivity index (χ2v) is 11.4. The van der Waals surface area contributed by atoms with Crippen LogP contribution < -0.4 is 5.32 Å². The van der Waals surface area contributed by atoms with Gasteiger partial charge in [0, 0.05) is 38.9 Å². The maximum absolute atomic E-state index is 12.4. The summed E-state index contributed by atoms with van der Waals surface area (Å²) in [5.41, 5.74) is 4.77. The van der Waals surface area contributed by atoms with Crippen LogP contribution in [0.2, 0.25) is 0 Å². The molecule has 7 nitrogen and oxygen atoms in total. The van der Waals surface area contributed by atoms with Crippen molar-refractivity contribution in [2.75, 3.05) is 33.0 Å². The average Bonchev–Trinajstić information content (AvgIpc) is 3.26. The van der Waals surface area contributed by atoms with Crippen LogP contribution in [0.3, 0.4) is 0 Å². The quantitative estimate of drug-likeness (QED) is 0.141. The van der Waals surface area contributed by atoms with Crippen LogP contribution in [0, 0.1) is 12.3 Å². The fourth-order valence-electron chi connectivity index (χ4n) is 4.68. The summed E-state index contributed by atoms with van der Waals surface area (Å²) in [6.45, 7) is 10.2. The third-order valence-electron chi connectivity index (χ3n) is 6.35. The van der Waals surface area contributed by atoms with Crippen LogP contribution in [0.5, 0.6) is 0 Å². The molecule has 0 aliphatic heterocycles. The van der Waals surface area contributed by atoms with E-state index in [1.165, 1.54) is 22.3 Å². The van der Waals surface area contributed by atoms with Crippen molar-refractivity contribution in [3.8, 4) is 23.5 Å². The lowest BCUT2D eigenvalue weighted by Crippen LogP contribution is -2.34. The fourth-order valence-corrected chi connectivity index (χ4v) is 6.32. The number of nitrogens with one attached hydrogen (secondary N) is 1. The van der Waals surface area contributed by atoms with Gasteiger partial charge in [-0.2, -0.15) is 0 Å². The van der Waals surface area contributed by atoms with Crippen LogP contribution in [0.25, 0.3) is 11.1 Å². The maximum Gasteiger partial charge on any atom is 0.407 e. The maximum atomic E-state index is 12.4. The molecule has 2 aromatic rings. The molecule has 212 valence electrons. The van der Waals surface area contributed by atoms with Gasteiger partial charge in [0.05, 0.1) is 19.3 Å². The molecule has 2 atom stereocenters. The third-order valence-corrected chi connectivity index (χ3v) is 8.43. The highest BCUT2D eigenvalue weighted by Gasteiger charge is 2.29. The summed E-state index contributed by atoms with van der Waals surface area (Å²) in [5, 5.41) is 2.81. The molecule has 0 saturated carbocycles. The number of amides is 1. The molecule has 0 heterocycles. The van der Waals surface area contributed by atoms with Crippen molar-refractivity contribution in [3.05, 3.63) is 59.7 Å². The highest BCUT2D eigenvalue weighted by atomic mass is 31.2. The number of hydrogen-bond donors (Lipinski definition) is 1. The highest BCUT2D eigenvalue weighted by Crippen LogP contribution is 2.46. The number of terminal acetylenes is 1. The predicted octanol–water partition coefficient (Wildman–Crippen LogP) is 6.72. The van der Waals surface area contributed by atoms with Crippen molar-refractivity contribution in [3.63, 3.8) is 0 Å². The molecule has 1 aliphatic rings. The van der Waals surface area contributed by atoms with Crippen molar-refractivity contribution in [2.24, 2.45) is 0 Å². The minimum absolute atomic E-state index is 0.0302. The van der Waals surface area contributed by atoms with Crippen molar-refractivity contribution in [1.29, 1.82) is 0 Å². The van der Waals surface area contributed by atoms with E-state index in [1.807, 2.05) is 24.3 Å². The van der Waals surface area contributed by atoms with Gasteiger partial charge in [0.25, 0.3) is 8.53 Å². The van der Waals surface area contributed by atoms with E-state index in [1.54, 1.807) is 0 Å². The average molecular weight is 556 g/mol. The highest BCUT2D eigenvalue weighted by molar-refractivity contribution is 7.44. The van der Waals surface area contributed by atoms with Crippen LogP contribution in [0.1, 0.15) is 65.9 Å².